The molecule has 6 heteroatoms. The van der Waals surface area contributed by atoms with Crippen molar-refractivity contribution < 1.29 is 4.79 Å². The fraction of sp³-hybridized carbons (Fsp3) is 0.350. The van der Waals surface area contributed by atoms with Crippen LogP contribution in [0.3, 0.4) is 0 Å². The second-order valence-electron chi connectivity index (χ2n) is 6.83. The van der Waals surface area contributed by atoms with Crippen LogP contribution in [0.15, 0.2) is 28.2 Å². The number of aromatic nitrogens is 2. The highest BCUT2D eigenvalue weighted by atomic mass is 32.2. The van der Waals surface area contributed by atoms with Crippen LogP contribution in [0.2, 0.25) is 0 Å². The van der Waals surface area contributed by atoms with Gasteiger partial charge in [0.25, 0.3) is 5.56 Å². The van der Waals surface area contributed by atoms with E-state index < -0.39 is 0 Å². The first kappa shape index (κ1) is 17.5. The average Bonchev–Trinajstić information content (AvgIpc) is 3.17. The first-order valence-corrected chi connectivity index (χ1v) is 10.5. The Kier molecular flexibility index (Phi) is 4.49. The summed E-state index contributed by atoms with van der Waals surface area (Å²) in [6.07, 6.45) is 3.15. The topological polar surface area (TPSA) is 52.0 Å². The van der Waals surface area contributed by atoms with Gasteiger partial charge in [-0.2, -0.15) is 0 Å². The van der Waals surface area contributed by atoms with Crippen LogP contribution in [0.4, 0.5) is 0 Å². The number of hydrogen-bond acceptors (Lipinski definition) is 5. The maximum atomic E-state index is 12.8. The zero-order valence-electron chi connectivity index (χ0n) is 15.1. The standard InChI is InChI=1S/C20H20N2O2S2/c1-11-7-8-13(12(2)9-11)15(23)10-25-20-21-18-17(19(24)22(20)3)14-5-4-6-16(14)26-18/h7-9H,4-6,10H2,1-3H3. The molecule has 4 nitrogen and oxygen atoms in total. The van der Waals surface area contributed by atoms with Crippen molar-refractivity contribution in [1.82, 2.24) is 9.55 Å². The van der Waals surface area contributed by atoms with E-state index in [4.69, 9.17) is 4.98 Å². The van der Waals surface area contributed by atoms with Crippen LogP contribution in [0.25, 0.3) is 10.2 Å². The van der Waals surface area contributed by atoms with Gasteiger partial charge in [-0.1, -0.05) is 35.5 Å². The number of nitrogens with zero attached hydrogens (tertiary/aromatic N) is 2. The number of fused-ring (bicyclic) bond motifs is 3. The zero-order chi connectivity index (χ0) is 18.4. The van der Waals surface area contributed by atoms with E-state index in [1.165, 1.54) is 22.2 Å². The third-order valence-electron chi connectivity index (χ3n) is 4.92. The zero-order valence-corrected chi connectivity index (χ0v) is 16.7. The van der Waals surface area contributed by atoms with Crippen molar-refractivity contribution in [3.63, 3.8) is 0 Å². The van der Waals surface area contributed by atoms with Gasteiger partial charge in [-0.05, 0) is 44.2 Å². The molecule has 0 aliphatic heterocycles. The maximum Gasteiger partial charge on any atom is 0.262 e. The van der Waals surface area contributed by atoms with Crippen molar-refractivity contribution in [2.45, 2.75) is 38.3 Å². The summed E-state index contributed by atoms with van der Waals surface area (Å²) < 4.78 is 1.59. The fourth-order valence-electron chi connectivity index (χ4n) is 3.57. The Morgan fingerprint density at radius 2 is 2.12 bits per heavy atom. The molecule has 1 aliphatic carbocycles. The molecule has 134 valence electrons. The molecule has 0 fully saturated rings. The fourth-order valence-corrected chi connectivity index (χ4v) is 5.73. The van der Waals surface area contributed by atoms with E-state index in [2.05, 4.69) is 0 Å². The highest BCUT2D eigenvalue weighted by molar-refractivity contribution is 7.99. The van der Waals surface area contributed by atoms with Gasteiger partial charge in [0.1, 0.15) is 4.83 Å². The van der Waals surface area contributed by atoms with Gasteiger partial charge in [0.05, 0.1) is 11.1 Å². The van der Waals surface area contributed by atoms with Crippen molar-refractivity contribution in [3.05, 3.63) is 55.7 Å². The molecule has 26 heavy (non-hydrogen) atoms. The minimum atomic E-state index is 0.0101. The van der Waals surface area contributed by atoms with E-state index in [1.54, 1.807) is 23.0 Å². The van der Waals surface area contributed by atoms with Crippen molar-refractivity contribution in [2.24, 2.45) is 7.05 Å². The van der Waals surface area contributed by atoms with Gasteiger partial charge in [-0.3, -0.25) is 14.2 Å². The summed E-state index contributed by atoms with van der Waals surface area (Å²) in [5, 5.41) is 1.40. The Morgan fingerprint density at radius 1 is 1.31 bits per heavy atom. The van der Waals surface area contributed by atoms with Crippen molar-refractivity contribution in [2.75, 3.05) is 5.75 Å². The molecule has 1 aromatic carbocycles. The second kappa shape index (κ2) is 6.67. The van der Waals surface area contributed by atoms with Crippen LogP contribution in [0.5, 0.6) is 0 Å². The summed E-state index contributed by atoms with van der Waals surface area (Å²) in [6, 6.07) is 5.86. The monoisotopic (exact) mass is 384 g/mol. The molecule has 0 N–H and O–H groups in total. The number of Topliss-reactive ketones (excluding diaryl/α,β-unsaturated/α-hetero) is 1. The smallest absolute Gasteiger partial charge is 0.262 e. The molecule has 0 unspecified atom stereocenters. The molecule has 4 rings (SSSR count). The van der Waals surface area contributed by atoms with Gasteiger partial charge < -0.3 is 0 Å². The van der Waals surface area contributed by atoms with Gasteiger partial charge in [-0.25, -0.2) is 4.98 Å². The molecule has 0 spiro atoms. The molecule has 2 heterocycles. The molecule has 0 radical (unpaired) electrons. The van der Waals surface area contributed by atoms with Gasteiger partial charge in [-0.15, -0.1) is 11.3 Å². The van der Waals surface area contributed by atoms with Crippen LogP contribution >= 0.6 is 23.1 Å². The van der Waals surface area contributed by atoms with Crippen molar-refractivity contribution >= 4 is 39.1 Å². The predicted molar refractivity (Wildman–Crippen MR) is 108 cm³/mol. The van der Waals surface area contributed by atoms with Gasteiger partial charge >= 0.3 is 0 Å². The Hall–Kier alpha value is -1.92. The lowest BCUT2D eigenvalue weighted by Crippen LogP contribution is -2.20. The molecular formula is C20H20N2O2S2. The number of carbonyl (C=O) groups is 1. The largest absolute Gasteiger partial charge is 0.293 e. The van der Waals surface area contributed by atoms with E-state index in [0.717, 1.165) is 46.2 Å². The Morgan fingerprint density at radius 3 is 2.88 bits per heavy atom. The number of rotatable bonds is 4. The molecule has 0 saturated carbocycles. The lowest BCUT2D eigenvalue weighted by atomic mass is 10.0. The highest BCUT2D eigenvalue weighted by Gasteiger charge is 2.22. The quantitative estimate of drug-likeness (QED) is 0.386. The van der Waals surface area contributed by atoms with Crippen molar-refractivity contribution in [1.29, 1.82) is 0 Å². The van der Waals surface area contributed by atoms with E-state index >= 15 is 0 Å². The van der Waals surface area contributed by atoms with E-state index in [1.807, 2.05) is 32.0 Å². The SMILES string of the molecule is Cc1ccc(C(=O)CSc2nc3sc4c(c3c(=O)n2C)CCC4)c(C)c1. The lowest BCUT2D eigenvalue weighted by molar-refractivity contribution is 0.102. The third-order valence-corrected chi connectivity index (χ3v) is 7.14. The van der Waals surface area contributed by atoms with E-state index in [-0.39, 0.29) is 17.1 Å². The average molecular weight is 385 g/mol. The second-order valence-corrected chi connectivity index (χ2v) is 8.85. The number of thiophene rings is 1. The highest BCUT2D eigenvalue weighted by Crippen LogP contribution is 2.35. The van der Waals surface area contributed by atoms with Crippen LogP contribution in [-0.2, 0) is 19.9 Å². The Labute approximate surface area is 160 Å². The summed E-state index contributed by atoms with van der Waals surface area (Å²) in [4.78, 5) is 32.2. The number of thioether (sulfide) groups is 1. The first-order chi connectivity index (χ1) is 12.5. The molecular weight excluding hydrogens is 364 g/mol. The Balaban J connectivity index is 1.62. The normalized spacial score (nSPS) is 13.3. The summed E-state index contributed by atoms with van der Waals surface area (Å²) in [7, 11) is 1.75. The molecule has 0 atom stereocenters. The summed E-state index contributed by atoms with van der Waals surface area (Å²) >= 11 is 2.98. The van der Waals surface area contributed by atoms with Crippen LogP contribution in [0.1, 0.15) is 38.3 Å². The number of benzene rings is 1. The molecule has 1 aliphatic rings. The van der Waals surface area contributed by atoms with Crippen LogP contribution in [0, 0.1) is 13.8 Å². The lowest BCUT2D eigenvalue weighted by Gasteiger charge is -2.09. The van der Waals surface area contributed by atoms with Gasteiger partial charge in [0.2, 0.25) is 0 Å². The molecule has 0 bridgehead atoms. The number of carbonyl (C=O) groups excluding carboxylic acids is 1. The minimum absolute atomic E-state index is 0.0101. The minimum Gasteiger partial charge on any atom is -0.293 e. The van der Waals surface area contributed by atoms with E-state index in [0.29, 0.717) is 5.16 Å². The van der Waals surface area contributed by atoms with Crippen LogP contribution in [-0.4, -0.2) is 21.1 Å². The molecule has 0 amide bonds. The van der Waals surface area contributed by atoms with Crippen LogP contribution < -0.4 is 5.56 Å². The summed E-state index contributed by atoms with van der Waals surface area (Å²) in [5.74, 6) is 0.344. The van der Waals surface area contributed by atoms with Crippen molar-refractivity contribution in [3.8, 4) is 0 Å². The third kappa shape index (κ3) is 2.91. The van der Waals surface area contributed by atoms with Gasteiger partial charge in [0.15, 0.2) is 10.9 Å². The summed E-state index contributed by atoms with van der Waals surface area (Å²) in [6.45, 7) is 3.97. The maximum absolute atomic E-state index is 12.8. The number of aryl methyl sites for hydroxylation is 4. The molecule has 2 aromatic heterocycles. The molecule has 3 aromatic rings. The van der Waals surface area contributed by atoms with Gasteiger partial charge in [0, 0.05) is 17.5 Å². The Bertz CT molecular complexity index is 1100. The predicted octanol–water partition coefficient (Wildman–Crippen LogP) is 4.08. The number of ketones is 1. The summed E-state index contributed by atoms with van der Waals surface area (Å²) in [5.41, 5.74) is 4.08. The van der Waals surface area contributed by atoms with E-state index in [9.17, 15) is 9.59 Å². The number of hydrogen-bond donors (Lipinski definition) is 0. The molecule has 0 saturated heterocycles. The first-order valence-electron chi connectivity index (χ1n) is 8.70.